The first kappa shape index (κ1) is 16.5. The summed E-state index contributed by atoms with van der Waals surface area (Å²) in [5.41, 5.74) is 1.94. The minimum Gasteiger partial charge on any atom is -0.457 e. The van der Waals surface area contributed by atoms with E-state index in [0.717, 1.165) is 58.1 Å². The topological polar surface area (TPSA) is 55.2 Å². The zero-order valence-corrected chi connectivity index (χ0v) is 15.1. The Morgan fingerprint density at radius 2 is 2.00 bits per heavy atom. The molecule has 0 bridgehead atoms. The zero-order valence-electron chi connectivity index (χ0n) is 14.3. The highest BCUT2D eigenvalue weighted by molar-refractivity contribution is 7.18. The molecule has 2 aromatic heterocycles. The minimum absolute atomic E-state index is 0.172. The van der Waals surface area contributed by atoms with Crippen LogP contribution in [0.5, 0.6) is 11.5 Å². The number of aliphatic hydroxyl groups is 1. The molecule has 4 rings (SSSR count). The van der Waals surface area contributed by atoms with Gasteiger partial charge in [0.25, 0.3) is 0 Å². The number of fused-ring (bicyclic) bond motifs is 1. The van der Waals surface area contributed by atoms with Gasteiger partial charge in [-0.2, -0.15) is 0 Å². The molecule has 5 heteroatoms. The van der Waals surface area contributed by atoms with Crippen LogP contribution >= 0.6 is 11.3 Å². The van der Waals surface area contributed by atoms with Crippen molar-refractivity contribution < 1.29 is 9.84 Å². The molecular weight excluding hydrogens is 332 g/mol. The third-order valence-corrected chi connectivity index (χ3v) is 5.85. The molecule has 0 saturated heterocycles. The van der Waals surface area contributed by atoms with Crippen LogP contribution in [0.4, 0.5) is 0 Å². The Morgan fingerprint density at radius 1 is 1.16 bits per heavy atom. The molecule has 4 nitrogen and oxygen atoms in total. The average Bonchev–Trinajstić information content (AvgIpc) is 2.99. The lowest BCUT2D eigenvalue weighted by Gasteiger charge is -2.26. The molecule has 1 aromatic carbocycles. The van der Waals surface area contributed by atoms with Crippen LogP contribution in [0.25, 0.3) is 10.2 Å². The SMILES string of the molecule is Cc1cc(Oc2ccc3nc(C[C@@H]4CCCC[C@H]4O)sc3c2)ccn1. The fraction of sp³-hybridized carbons (Fsp3) is 0.400. The van der Waals surface area contributed by atoms with Crippen molar-refractivity contribution in [3.8, 4) is 11.5 Å². The van der Waals surface area contributed by atoms with Gasteiger partial charge in [0.05, 0.1) is 21.3 Å². The Bertz CT molecular complexity index is 877. The van der Waals surface area contributed by atoms with Crippen molar-refractivity contribution in [1.29, 1.82) is 0 Å². The second kappa shape index (κ2) is 7.10. The fourth-order valence-corrected chi connectivity index (χ4v) is 4.56. The lowest BCUT2D eigenvalue weighted by atomic mass is 9.84. The van der Waals surface area contributed by atoms with Crippen LogP contribution in [0, 0.1) is 12.8 Å². The molecular formula is C20H22N2O2S. The Labute approximate surface area is 151 Å². The number of ether oxygens (including phenoxy) is 1. The summed E-state index contributed by atoms with van der Waals surface area (Å²) in [7, 11) is 0. The van der Waals surface area contributed by atoms with Gasteiger partial charge in [-0.25, -0.2) is 4.98 Å². The predicted octanol–water partition coefficient (Wildman–Crippen LogP) is 4.89. The van der Waals surface area contributed by atoms with Crippen molar-refractivity contribution in [1.82, 2.24) is 9.97 Å². The van der Waals surface area contributed by atoms with Gasteiger partial charge in [0.15, 0.2) is 0 Å². The highest BCUT2D eigenvalue weighted by atomic mass is 32.1. The van der Waals surface area contributed by atoms with E-state index in [9.17, 15) is 5.11 Å². The van der Waals surface area contributed by atoms with Crippen molar-refractivity contribution in [2.45, 2.75) is 45.1 Å². The maximum Gasteiger partial charge on any atom is 0.130 e. The molecule has 0 radical (unpaired) electrons. The summed E-state index contributed by atoms with van der Waals surface area (Å²) in [5.74, 6) is 1.96. The molecule has 2 atom stereocenters. The van der Waals surface area contributed by atoms with Crippen molar-refractivity contribution >= 4 is 21.6 Å². The first-order chi connectivity index (χ1) is 12.2. The summed E-state index contributed by atoms with van der Waals surface area (Å²) in [5, 5.41) is 11.3. The summed E-state index contributed by atoms with van der Waals surface area (Å²) >= 11 is 1.71. The number of hydrogen-bond acceptors (Lipinski definition) is 5. The molecule has 1 N–H and O–H groups in total. The van der Waals surface area contributed by atoms with Gasteiger partial charge in [-0.3, -0.25) is 4.98 Å². The molecule has 130 valence electrons. The summed E-state index contributed by atoms with van der Waals surface area (Å²) < 4.78 is 7.07. The highest BCUT2D eigenvalue weighted by Gasteiger charge is 2.24. The van der Waals surface area contributed by atoms with E-state index < -0.39 is 0 Å². The third-order valence-electron chi connectivity index (χ3n) is 4.81. The van der Waals surface area contributed by atoms with E-state index in [1.54, 1.807) is 17.5 Å². The summed E-state index contributed by atoms with van der Waals surface area (Å²) in [6.07, 6.45) is 6.85. The second-order valence-electron chi connectivity index (χ2n) is 6.79. The number of aryl methyl sites for hydroxylation is 1. The average molecular weight is 354 g/mol. The maximum absolute atomic E-state index is 10.2. The van der Waals surface area contributed by atoms with Gasteiger partial charge in [-0.15, -0.1) is 11.3 Å². The van der Waals surface area contributed by atoms with E-state index in [1.807, 2.05) is 37.3 Å². The number of aromatic nitrogens is 2. The largest absolute Gasteiger partial charge is 0.457 e. The van der Waals surface area contributed by atoms with Gasteiger partial charge in [-0.1, -0.05) is 12.8 Å². The Hall–Kier alpha value is -1.98. The Morgan fingerprint density at radius 3 is 2.84 bits per heavy atom. The Kier molecular flexibility index (Phi) is 4.68. The quantitative estimate of drug-likeness (QED) is 0.725. The number of rotatable bonds is 4. The summed E-state index contributed by atoms with van der Waals surface area (Å²) in [4.78, 5) is 8.93. The van der Waals surface area contributed by atoms with Crippen molar-refractivity contribution in [3.05, 3.63) is 47.2 Å². The molecule has 1 aliphatic carbocycles. The van der Waals surface area contributed by atoms with E-state index in [0.29, 0.717) is 5.92 Å². The third kappa shape index (κ3) is 3.83. The van der Waals surface area contributed by atoms with E-state index >= 15 is 0 Å². The first-order valence-electron chi connectivity index (χ1n) is 8.85. The van der Waals surface area contributed by atoms with Gasteiger partial charge >= 0.3 is 0 Å². The lowest BCUT2D eigenvalue weighted by Crippen LogP contribution is -2.26. The van der Waals surface area contributed by atoms with Crippen LogP contribution in [-0.2, 0) is 6.42 Å². The van der Waals surface area contributed by atoms with Crippen molar-refractivity contribution in [2.24, 2.45) is 5.92 Å². The van der Waals surface area contributed by atoms with Crippen LogP contribution in [0.15, 0.2) is 36.5 Å². The standard InChI is InChI=1S/C20H22N2O2S/c1-13-10-16(8-9-21-13)24-15-6-7-17-19(12-15)25-20(22-17)11-14-4-2-3-5-18(14)23/h6-10,12,14,18,23H,2-5,11H2,1H3/t14-,18+/m0/s1. The number of benzene rings is 1. The van der Waals surface area contributed by atoms with E-state index in [4.69, 9.17) is 9.72 Å². The number of pyridine rings is 1. The van der Waals surface area contributed by atoms with E-state index in [2.05, 4.69) is 4.98 Å². The number of nitrogens with zero attached hydrogens (tertiary/aromatic N) is 2. The maximum atomic E-state index is 10.2. The summed E-state index contributed by atoms with van der Waals surface area (Å²) in [6.45, 7) is 1.95. The Balaban J connectivity index is 1.52. The fourth-order valence-electron chi connectivity index (χ4n) is 3.47. The molecule has 2 heterocycles. The van der Waals surface area contributed by atoms with Gasteiger partial charge in [0.2, 0.25) is 0 Å². The molecule has 3 aromatic rings. The molecule has 1 saturated carbocycles. The normalized spacial score (nSPS) is 20.7. The number of aliphatic hydroxyl groups excluding tert-OH is 1. The van der Waals surface area contributed by atoms with Gasteiger partial charge in [0.1, 0.15) is 11.5 Å². The zero-order chi connectivity index (χ0) is 17.2. The van der Waals surface area contributed by atoms with E-state index in [-0.39, 0.29) is 6.10 Å². The highest BCUT2D eigenvalue weighted by Crippen LogP contribution is 2.33. The smallest absolute Gasteiger partial charge is 0.130 e. The van der Waals surface area contributed by atoms with Gasteiger partial charge in [-0.05, 0) is 43.9 Å². The van der Waals surface area contributed by atoms with Crippen LogP contribution in [0.3, 0.4) is 0 Å². The predicted molar refractivity (Wildman–Crippen MR) is 100 cm³/mol. The molecule has 0 unspecified atom stereocenters. The monoisotopic (exact) mass is 354 g/mol. The summed E-state index contributed by atoms with van der Waals surface area (Å²) in [6, 6.07) is 9.79. The number of hydrogen-bond donors (Lipinski definition) is 1. The number of thiazole rings is 1. The van der Waals surface area contributed by atoms with E-state index in [1.165, 1.54) is 6.42 Å². The lowest BCUT2D eigenvalue weighted by molar-refractivity contribution is 0.0700. The molecule has 0 aliphatic heterocycles. The molecule has 1 aliphatic rings. The molecule has 25 heavy (non-hydrogen) atoms. The van der Waals surface area contributed by atoms with Crippen LogP contribution < -0.4 is 4.74 Å². The van der Waals surface area contributed by atoms with Gasteiger partial charge < -0.3 is 9.84 Å². The van der Waals surface area contributed by atoms with Gasteiger partial charge in [0, 0.05) is 30.4 Å². The minimum atomic E-state index is -0.172. The van der Waals surface area contributed by atoms with Crippen LogP contribution in [0.1, 0.15) is 36.4 Å². The van der Waals surface area contributed by atoms with Crippen LogP contribution in [0.2, 0.25) is 0 Å². The van der Waals surface area contributed by atoms with Crippen LogP contribution in [-0.4, -0.2) is 21.2 Å². The first-order valence-corrected chi connectivity index (χ1v) is 9.67. The molecule has 0 spiro atoms. The molecule has 0 amide bonds. The second-order valence-corrected chi connectivity index (χ2v) is 7.90. The molecule has 1 fully saturated rings. The van der Waals surface area contributed by atoms with Crippen molar-refractivity contribution in [3.63, 3.8) is 0 Å². The van der Waals surface area contributed by atoms with Crippen molar-refractivity contribution in [2.75, 3.05) is 0 Å².